The molecule has 0 aliphatic carbocycles. The number of fused-ring (bicyclic) bond motifs is 3. The summed E-state index contributed by atoms with van der Waals surface area (Å²) in [4.78, 5) is 0. The monoisotopic (exact) mass is 550 g/mol. The number of benzene rings is 3. The van der Waals surface area contributed by atoms with Crippen molar-refractivity contribution < 1.29 is 4.74 Å². The Morgan fingerprint density at radius 1 is 0.966 bits per heavy atom. The molecule has 3 nitrogen and oxygen atoms in total. The Kier molecular flexibility index (Phi) is 5.11. The second-order valence-electron chi connectivity index (χ2n) is 6.95. The van der Waals surface area contributed by atoms with E-state index < -0.39 is 6.23 Å². The molecule has 29 heavy (non-hydrogen) atoms. The maximum Gasteiger partial charge on any atom is 0.215 e. The summed E-state index contributed by atoms with van der Waals surface area (Å²) in [6, 6.07) is 19.7. The van der Waals surface area contributed by atoms with Crippen molar-refractivity contribution in [3.8, 4) is 5.75 Å². The molecular weight excluding hydrogens is 539 g/mol. The maximum atomic E-state index is 6.52. The molecule has 3 aromatic rings. The van der Waals surface area contributed by atoms with Crippen molar-refractivity contribution in [2.24, 2.45) is 5.10 Å². The van der Waals surface area contributed by atoms with E-state index >= 15 is 0 Å². The zero-order valence-electron chi connectivity index (χ0n) is 14.9. The number of ether oxygens (including phenoxy) is 1. The normalized spacial score (nSPS) is 20.0. The number of hydrogen-bond acceptors (Lipinski definition) is 3. The number of hydrazone groups is 1. The second kappa shape index (κ2) is 7.62. The molecule has 2 atom stereocenters. The lowest BCUT2D eigenvalue weighted by atomic mass is 9.96. The van der Waals surface area contributed by atoms with E-state index in [0.717, 1.165) is 43.5 Å². The average Bonchev–Trinajstić information content (AvgIpc) is 3.14. The third kappa shape index (κ3) is 3.48. The van der Waals surface area contributed by atoms with Crippen LogP contribution < -0.4 is 4.74 Å². The summed E-state index contributed by atoms with van der Waals surface area (Å²) >= 11 is 19.8. The summed E-state index contributed by atoms with van der Waals surface area (Å²) in [6.45, 7) is 0. The molecule has 0 saturated carbocycles. The first kappa shape index (κ1) is 19.4. The summed E-state index contributed by atoms with van der Waals surface area (Å²) < 4.78 is 8.34. The summed E-state index contributed by atoms with van der Waals surface area (Å²) in [5.74, 6) is 0.826. The predicted molar refractivity (Wildman–Crippen MR) is 124 cm³/mol. The van der Waals surface area contributed by atoms with Crippen molar-refractivity contribution in [2.45, 2.75) is 18.7 Å². The topological polar surface area (TPSA) is 24.8 Å². The molecule has 0 fully saturated rings. The van der Waals surface area contributed by atoms with Gasteiger partial charge in [-0.3, -0.25) is 0 Å². The molecule has 2 aliphatic heterocycles. The third-order valence-corrected chi connectivity index (χ3v) is 6.80. The van der Waals surface area contributed by atoms with Crippen LogP contribution in [0.2, 0.25) is 10.0 Å². The van der Waals surface area contributed by atoms with E-state index in [1.807, 2.05) is 59.6 Å². The Balaban J connectivity index is 1.65. The fraction of sp³-hybridized carbons (Fsp3) is 0.136. The van der Waals surface area contributed by atoms with E-state index in [-0.39, 0.29) is 6.04 Å². The summed E-state index contributed by atoms with van der Waals surface area (Å²) in [7, 11) is 0. The van der Waals surface area contributed by atoms with Crippen molar-refractivity contribution in [3.05, 3.63) is 96.3 Å². The SMILES string of the molecule is Clc1ccc(C2=NN3[C@H](C2)c2cc(Br)cc(Br)c2O[C@H]3c2ccccc2Cl)cc1. The average molecular weight is 553 g/mol. The van der Waals surface area contributed by atoms with Gasteiger partial charge in [-0.2, -0.15) is 5.10 Å². The summed E-state index contributed by atoms with van der Waals surface area (Å²) in [5, 5.41) is 8.34. The lowest BCUT2D eigenvalue weighted by Crippen LogP contribution is -2.34. The second-order valence-corrected chi connectivity index (χ2v) is 9.56. The Bertz CT molecular complexity index is 1130. The molecule has 3 aromatic carbocycles. The Morgan fingerprint density at radius 2 is 1.72 bits per heavy atom. The van der Waals surface area contributed by atoms with Gasteiger partial charge in [0.25, 0.3) is 0 Å². The maximum absolute atomic E-state index is 6.52. The van der Waals surface area contributed by atoms with Gasteiger partial charge < -0.3 is 4.74 Å². The van der Waals surface area contributed by atoms with Crippen molar-refractivity contribution in [1.29, 1.82) is 0 Å². The first-order valence-electron chi connectivity index (χ1n) is 9.03. The van der Waals surface area contributed by atoms with Crippen LogP contribution in [0.5, 0.6) is 5.75 Å². The van der Waals surface area contributed by atoms with Gasteiger partial charge in [0.2, 0.25) is 6.23 Å². The van der Waals surface area contributed by atoms with Crippen LogP contribution in [0.25, 0.3) is 0 Å². The number of halogens is 4. The highest BCUT2D eigenvalue weighted by atomic mass is 79.9. The number of nitrogens with zero attached hydrogens (tertiary/aromatic N) is 2. The fourth-order valence-electron chi connectivity index (χ4n) is 3.81. The first-order valence-corrected chi connectivity index (χ1v) is 11.4. The molecule has 0 radical (unpaired) electrons. The smallest absolute Gasteiger partial charge is 0.215 e. The van der Waals surface area contributed by atoms with E-state index in [1.165, 1.54) is 0 Å². The van der Waals surface area contributed by atoms with Crippen LogP contribution in [0.15, 0.2) is 74.7 Å². The van der Waals surface area contributed by atoms with Gasteiger partial charge in [-0.15, -0.1) is 0 Å². The van der Waals surface area contributed by atoms with Gasteiger partial charge in [-0.05, 0) is 51.8 Å². The highest BCUT2D eigenvalue weighted by molar-refractivity contribution is 9.11. The van der Waals surface area contributed by atoms with Crippen LogP contribution in [0, 0.1) is 0 Å². The lowest BCUT2D eigenvalue weighted by Gasteiger charge is -2.39. The predicted octanol–water partition coefficient (Wildman–Crippen LogP) is 7.76. The van der Waals surface area contributed by atoms with Crippen molar-refractivity contribution >= 4 is 60.8 Å². The van der Waals surface area contributed by atoms with Crippen molar-refractivity contribution in [2.75, 3.05) is 0 Å². The standard InChI is InChI=1S/C22H14Br2Cl2N2O/c23-13-9-16-20-11-19(12-5-7-14(25)8-6-12)27-28(20)22(29-21(16)17(24)10-13)15-3-1-2-4-18(15)26/h1-10,20,22H,11H2/t20-,22+/m1/s1. The molecule has 7 heteroatoms. The minimum atomic E-state index is -0.413. The molecule has 0 spiro atoms. The van der Waals surface area contributed by atoms with E-state index in [9.17, 15) is 0 Å². The van der Waals surface area contributed by atoms with E-state index in [1.54, 1.807) is 0 Å². The molecule has 0 N–H and O–H groups in total. The van der Waals surface area contributed by atoms with Gasteiger partial charge in [-0.25, -0.2) is 5.01 Å². The first-order chi connectivity index (χ1) is 14.0. The molecule has 0 bridgehead atoms. The summed E-state index contributed by atoms with van der Waals surface area (Å²) in [5.41, 5.74) is 4.02. The van der Waals surface area contributed by atoms with Crippen LogP contribution in [0.1, 0.15) is 35.4 Å². The zero-order valence-corrected chi connectivity index (χ0v) is 19.6. The highest BCUT2D eigenvalue weighted by Crippen LogP contribution is 2.51. The molecule has 0 aromatic heterocycles. The van der Waals surface area contributed by atoms with Gasteiger partial charge in [0, 0.05) is 32.1 Å². The van der Waals surface area contributed by atoms with Crippen LogP contribution in [-0.2, 0) is 0 Å². The minimum Gasteiger partial charge on any atom is -0.463 e. The van der Waals surface area contributed by atoms with Gasteiger partial charge in [0.15, 0.2) is 0 Å². The Hall–Kier alpha value is -1.53. The molecular formula is C22H14Br2Cl2N2O. The molecule has 0 unspecified atom stereocenters. The van der Waals surface area contributed by atoms with Crippen LogP contribution in [0.3, 0.4) is 0 Å². The van der Waals surface area contributed by atoms with E-state index in [2.05, 4.69) is 37.9 Å². The Morgan fingerprint density at radius 3 is 2.48 bits per heavy atom. The number of hydrogen-bond donors (Lipinski definition) is 0. The van der Waals surface area contributed by atoms with Crippen molar-refractivity contribution in [3.63, 3.8) is 0 Å². The van der Waals surface area contributed by atoms with Crippen LogP contribution >= 0.6 is 55.1 Å². The molecule has 0 amide bonds. The highest BCUT2D eigenvalue weighted by Gasteiger charge is 2.42. The molecule has 5 rings (SSSR count). The molecule has 2 aliphatic rings. The molecule has 0 saturated heterocycles. The van der Waals surface area contributed by atoms with Crippen molar-refractivity contribution in [1.82, 2.24) is 5.01 Å². The van der Waals surface area contributed by atoms with Gasteiger partial charge in [0.05, 0.1) is 16.2 Å². The third-order valence-electron chi connectivity index (χ3n) is 5.16. The van der Waals surface area contributed by atoms with Crippen LogP contribution in [0.4, 0.5) is 0 Å². The largest absolute Gasteiger partial charge is 0.463 e. The zero-order chi connectivity index (χ0) is 20.1. The fourth-order valence-corrected chi connectivity index (χ4v) is 5.52. The number of rotatable bonds is 2. The minimum absolute atomic E-state index is 0.0412. The quantitative estimate of drug-likeness (QED) is 0.324. The van der Waals surface area contributed by atoms with E-state index in [0.29, 0.717) is 10.0 Å². The molecule has 146 valence electrons. The van der Waals surface area contributed by atoms with Gasteiger partial charge in [0.1, 0.15) is 5.75 Å². The Labute approximate surface area is 195 Å². The van der Waals surface area contributed by atoms with Crippen LogP contribution in [-0.4, -0.2) is 10.7 Å². The van der Waals surface area contributed by atoms with Gasteiger partial charge >= 0.3 is 0 Å². The van der Waals surface area contributed by atoms with Gasteiger partial charge in [-0.1, -0.05) is 69.5 Å². The molecule has 2 heterocycles. The summed E-state index contributed by atoms with van der Waals surface area (Å²) in [6.07, 6.45) is 0.352. The van der Waals surface area contributed by atoms with E-state index in [4.69, 9.17) is 33.0 Å². The lowest BCUT2D eigenvalue weighted by molar-refractivity contribution is -0.0196.